The zero-order valence-corrected chi connectivity index (χ0v) is 15.2. The van der Waals surface area contributed by atoms with Gasteiger partial charge in [-0.05, 0) is 51.4 Å². The van der Waals surface area contributed by atoms with Crippen molar-refractivity contribution in [2.24, 2.45) is 0 Å². The second-order valence-corrected chi connectivity index (χ2v) is 4.20. The van der Waals surface area contributed by atoms with Crippen molar-refractivity contribution in [3.05, 3.63) is 48.6 Å². The Kier molecular flexibility index (Phi) is 34.2. The zero-order chi connectivity index (χ0) is 11.3. The molecule has 0 aromatic carbocycles. The largest absolute Gasteiger partial charge is 0.412 e. The second-order valence-electron chi connectivity index (χ2n) is 4.20. The molecule has 2 aliphatic rings. The van der Waals surface area contributed by atoms with Crippen LogP contribution in [0.1, 0.15) is 51.4 Å². The summed E-state index contributed by atoms with van der Waals surface area (Å²) in [4.78, 5) is 0. The van der Waals surface area contributed by atoms with Crippen LogP contribution in [-0.2, 0) is 39.0 Å². The Morgan fingerprint density at radius 1 is 0.300 bits per heavy atom. The average molecular weight is 458 g/mol. The molecule has 0 spiro atoms. The van der Waals surface area contributed by atoms with Crippen LogP contribution in [0.3, 0.4) is 0 Å². The van der Waals surface area contributed by atoms with Crippen LogP contribution in [0.4, 0.5) is 0 Å². The van der Waals surface area contributed by atoms with Crippen LogP contribution in [0.25, 0.3) is 0 Å². The van der Waals surface area contributed by atoms with Gasteiger partial charge in [0.1, 0.15) is 0 Å². The van der Waals surface area contributed by atoms with Gasteiger partial charge in [0.05, 0.1) is 0 Å². The maximum atomic E-state index is 2.27. The van der Waals surface area contributed by atoms with Gasteiger partial charge in [-0.3, -0.25) is 0 Å². The van der Waals surface area contributed by atoms with Crippen LogP contribution in [0, 0.1) is 0 Å². The quantitative estimate of drug-likeness (QED) is 0.393. The van der Waals surface area contributed by atoms with Gasteiger partial charge in [0.25, 0.3) is 0 Å². The van der Waals surface area contributed by atoms with Crippen LogP contribution < -0.4 is 0 Å². The molecule has 0 bridgehead atoms. The summed E-state index contributed by atoms with van der Waals surface area (Å²) in [6.45, 7) is 0. The Morgan fingerprint density at radius 3 is 0.500 bits per heavy atom. The molecule has 0 heterocycles. The van der Waals surface area contributed by atoms with Crippen molar-refractivity contribution in [2.45, 2.75) is 51.4 Å². The van der Waals surface area contributed by atoms with Crippen LogP contribution in [0.5, 0.6) is 0 Å². The number of hydrogen-bond donors (Lipinski definition) is 0. The molecule has 122 valence electrons. The van der Waals surface area contributed by atoms with E-state index >= 15 is 0 Å². The van der Waals surface area contributed by atoms with Gasteiger partial charge in [-0.15, -0.1) is 0 Å². The van der Waals surface area contributed by atoms with Gasteiger partial charge in [-0.1, -0.05) is 48.6 Å². The molecule has 0 amide bonds. The molecule has 0 saturated carbocycles. The molecule has 0 unspecified atom stereocenters. The minimum Gasteiger partial charge on any atom is -0.412 e. The van der Waals surface area contributed by atoms with Crippen LogP contribution in [0.15, 0.2) is 48.6 Å². The fraction of sp³-hybridized carbons (Fsp3) is 0.500. The van der Waals surface area contributed by atoms with E-state index in [1.54, 1.807) is 0 Å². The molecule has 0 atom stereocenters. The third-order valence-corrected chi connectivity index (χ3v) is 2.67. The van der Waals surface area contributed by atoms with Gasteiger partial charge >= 0.3 is 0 Å². The first-order chi connectivity index (χ1) is 8.00. The smallest absolute Gasteiger partial charge is 0 e. The molecule has 2 nitrogen and oxygen atoms in total. The Bertz CT molecular complexity index is 192. The van der Waals surface area contributed by atoms with E-state index in [1.165, 1.54) is 51.4 Å². The molecule has 4 N–H and O–H groups in total. The summed E-state index contributed by atoms with van der Waals surface area (Å²) in [5, 5.41) is 0. The Hall–Kier alpha value is 0.127. The average Bonchev–Trinajstić information content (AvgIpc) is 2.15. The maximum absolute atomic E-state index is 2.27. The first kappa shape index (κ1) is 28.3. The van der Waals surface area contributed by atoms with E-state index < -0.39 is 0 Å². The third kappa shape index (κ3) is 20.4. The summed E-state index contributed by atoms with van der Waals surface area (Å²) in [7, 11) is 0. The summed E-state index contributed by atoms with van der Waals surface area (Å²) in [6, 6.07) is 0. The van der Waals surface area contributed by atoms with E-state index in [0.29, 0.717) is 0 Å². The Morgan fingerprint density at radius 2 is 0.400 bits per heavy atom. The standard InChI is InChI=1S/2C8H12.2H2O.2Rh/c2*1-2-4-6-8-7-5-3-1;;;;/h2*1-2,7-8H,3-6H2;2*1H2;;/b2*2-1-,8-7-;;;;. The van der Waals surface area contributed by atoms with E-state index in [4.69, 9.17) is 0 Å². The van der Waals surface area contributed by atoms with Gasteiger partial charge in [0.15, 0.2) is 0 Å². The van der Waals surface area contributed by atoms with Crippen molar-refractivity contribution in [1.29, 1.82) is 0 Å². The molecule has 2 rings (SSSR count). The number of hydrogen-bond acceptors (Lipinski definition) is 0. The molecule has 0 aromatic heterocycles. The predicted octanol–water partition coefficient (Wildman–Crippen LogP) is 3.69. The molecule has 0 saturated heterocycles. The third-order valence-electron chi connectivity index (χ3n) is 2.67. The van der Waals surface area contributed by atoms with Crippen molar-refractivity contribution in [3.8, 4) is 0 Å². The monoisotopic (exact) mass is 458 g/mol. The zero-order valence-electron chi connectivity index (χ0n) is 11.9. The second kappa shape index (κ2) is 24.2. The summed E-state index contributed by atoms with van der Waals surface area (Å²) >= 11 is 0. The van der Waals surface area contributed by atoms with Crippen molar-refractivity contribution in [3.63, 3.8) is 0 Å². The van der Waals surface area contributed by atoms with Crippen LogP contribution >= 0.6 is 0 Å². The maximum Gasteiger partial charge on any atom is 0 e. The topological polar surface area (TPSA) is 63.0 Å². The molecular formula is C16H28O2Rh2. The van der Waals surface area contributed by atoms with Gasteiger partial charge < -0.3 is 11.0 Å². The van der Waals surface area contributed by atoms with Crippen LogP contribution in [-0.4, -0.2) is 11.0 Å². The molecule has 20 heavy (non-hydrogen) atoms. The van der Waals surface area contributed by atoms with E-state index in [1.807, 2.05) is 0 Å². The van der Waals surface area contributed by atoms with E-state index in [9.17, 15) is 0 Å². The van der Waals surface area contributed by atoms with Crippen molar-refractivity contribution < 1.29 is 49.9 Å². The first-order valence-electron chi connectivity index (χ1n) is 6.60. The molecule has 0 aromatic rings. The van der Waals surface area contributed by atoms with Crippen LogP contribution in [0.2, 0.25) is 0 Å². The minimum atomic E-state index is 0. The van der Waals surface area contributed by atoms with Gasteiger partial charge in [0, 0.05) is 39.0 Å². The van der Waals surface area contributed by atoms with Crippen molar-refractivity contribution >= 4 is 0 Å². The van der Waals surface area contributed by atoms with Crippen molar-refractivity contribution in [2.75, 3.05) is 0 Å². The number of allylic oxidation sites excluding steroid dienone is 8. The summed E-state index contributed by atoms with van der Waals surface area (Å²) < 4.78 is 0. The molecule has 0 aliphatic heterocycles. The van der Waals surface area contributed by atoms with E-state index in [2.05, 4.69) is 48.6 Å². The molecular weight excluding hydrogens is 430 g/mol. The fourth-order valence-electron chi connectivity index (χ4n) is 1.71. The molecule has 0 fully saturated rings. The summed E-state index contributed by atoms with van der Waals surface area (Å²) in [5.41, 5.74) is 0. The van der Waals surface area contributed by atoms with Crippen molar-refractivity contribution in [1.82, 2.24) is 0 Å². The predicted molar refractivity (Wildman–Crippen MR) is 80.7 cm³/mol. The van der Waals surface area contributed by atoms with Gasteiger partial charge in [0.2, 0.25) is 0 Å². The number of rotatable bonds is 0. The Labute approximate surface area is 149 Å². The van der Waals surface area contributed by atoms with E-state index in [0.717, 1.165) is 0 Å². The van der Waals surface area contributed by atoms with E-state index in [-0.39, 0.29) is 49.9 Å². The van der Waals surface area contributed by atoms with Gasteiger partial charge in [-0.25, -0.2) is 0 Å². The molecule has 2 aliphatic carbocycles. The minimum absolute atomic E-state index is 0. The summed E-state index contributed by atoms with van der Waals surface area (Å²) in [6.07, 6.45) is 28.0. The molecule has 4 heteroatoms. The van der Waals surface area contributed by atoms with Gasteiger partial charge in [-0.2, -0.15) is 0 Å². The summed E-state index contributed by atoms with van der Waals surface area (Å²) in [5.74, 6) is 0. The Balaban J connectivity index is -0.000000107. The fourth-order valence-corrected chi connectivity index (χ4v) is 1.71. The molecule has 2 radical (unpaired) electrons. The SMILES string of the molecule is C1=C\CC/C=C\CC/1.C1=C\CC/C=C\CC/1.O.O.[Rh].[Rh]. The normalized spacial score (nSPS) is 22.4. The first-order valence-corrected chi connectivity index (χ1v) is 6.60.